The fourth-order valence-corrected chi connectivity index (χ4v) is 1.43. The average molecular weight is 226 g/mol. The molecule has 0 saturated heterocycles. The molecule has 1 unspecified atom stereocenters. The van der Waals surface area contributed by atoms with E-state index in [9.17, 15) is 4.79 Å². The topological polar surface area (TPSA) is 64.4 Å². The summed E-state index contributed by atoms with van der Waals surface area (Å²) in [5.74, 6) is 0.886. The molecule has 0 aliphatic carbocycles. The van der Waals surface area contributed by atoms with Crippen LogP contribution in [-0.2, 0) is 16.1 Å². The SMILES string of the molecule is COC(=O)C(CC(C)C)NCc1ccno1. The summed E-state index contributed by atoms with van der Waals surface area (Å²) in [5, 5.41) is 6.69. The van der Waals surface area contributed by atoms with Gasteiger partial charge in [-0.3, -0.25) is 10.1 Å². The molecule has 1 aromatic heterocycles. The summed E-state index contributed by atoms with van der Waals surface area (Å²) in [6, 6.07) is 1.46. The Labute approximate surface area is 95.1 Å². The van der Waals surface area contributed by atoms with E-state index in [1.165, 1.54) is 7.11 Å². The van der Waals surface area contributed by atoms with Crippen molar-refractivity contribution in [3.05, 3.63) is 18.0 Å². The van der Waals surface area contributed by atoms with E-state index in [1.807, 2.05) is 0 Å². The van der Waals surface area contributed by atoms with E-state index in [0.29, 0.717) is 18.2 Å². The fraction of sp³-hybridized carbons (Fsp3) is 0.636. The molecule has 0 fully saturated rings. The maximum absolute atomic E-state index is 11.5. The highest BCUT2D eigenvalue weighted by atomic mass is 16.5. The third kappa shape index (κ3) is 4.02. The van der Waals surface area contributed by atoms with E-state index in [2.05, 4.69) is 24.3 Å². The Morgan fingerprint density at radius 1 is 1.62 bits per heavy atom. The van der Waals surface area contributed by atoms with Gasteiger partial charge in [0.15, 0.2) is 0 Å². The summed E-state index contributed by atoms with van der Waals surface area (Å²) in [6.45, 7) is 4.60. The Morgan fingerprint density at radius 3 is 2.88 bits per heavy atom. The zero-order valence-corrected chi connectivity index (χ0v) is 9.90. The van der Waals surface area contributed by atoms with Gasteiger partial charge < -0.3 is 9.26 Å². The number of rotatable bonds is 6. The van der Waals surface area contributed by atoms with Crippen molar-refractivity contribution in [2.45, 2.75) is 32.9 Å². The molecule has 0 amide bonds. The van der Waals surface area contributed by atoms with Gasteiger partial charge in [0.1, 0.15) is 11.8 Å². The number of nitrogens with one attached hydrogen (secondary N) is 1. The summed E-state index contributed by atoms with van der Waals surface area (Å²) in [4.78, 5) is 11.5. The van der Waals surface area contributed by atoms with Gasteiger partial charge in [-0.25, -0.2) is 0 Å². The van der Waals surface area contributed by atoms with Crippen molar-refractivity contribution in [1.82, 2.24) is 10.5 Å². The third-order valence-corrected chi connectivity index (χ3v) is 2.21. The zero-order valence-electron chi connectivity index (χ0n) is 9.90. The van der Waals surface area contributed by atoms with Gasteiger partial charge in [0, 0.05) is 6.07 Å². The second-order valence-corrected chi connectivity index (χ2v) is 4.06. The maximum Gasteiger partial charge on any atom is 0.322 e. The molecule has 5 heteroatoms. The molecule has 0 spiro atoms. The quantitative estimate of drug-likeness (QED) is 0.742. The van der Waals surface area contributed by atoms with Gasteiger partial charge in [-0.15, -0.1) is 0 Å². The molecule has 90 valence electrons. The number of esters is 1. The monoisotopic (exact) mass is 226 g/mol. The number of carbonyl (C=O) groups excluding carboxylic acids is 1. The fourth-order valence-electron chi connectivity index (χ4n) is 1.43. The summed E-state index contributed by atoms with van der Waals surface area (Å²) >= 11 is 0. The normalized spacial score (nSPS) is 12.8. The summed E-state index contributed by atoms with van der Waals surface area (Å²) in [7, 11) is 1.39. The van der Waals surface area contributed by atoms with Crippen LogP contribution in [0.1, 0.15) is 26.0 Å². The number of hydrogen-bond acceptors (Lipinski definition) is 5. The van der Waals surface area contributed by atoms with Crippen molar-refractivity contribution in [1.29, 1.82) is 0 Å². The molecule has 1 aromatic rings. The first-order valence-electron chi connectivity index (χ1n) is 5.34. The Bertz CT molecular complexity index is 309. The minimum Gasteiger partial charge on any atom is -0.468 e. The molecule has 1 rings (SSSR count). The number of carbonyl (C=O) groups is 1. The molecule has 1 heterocycles. The van der Waals surface area contributed by atoms with Gasteiger partial charge >= 0.3 is 5.97 Å². The molecular weight excluding hydrogens is 208 g/mol. The summed E-state index contributed by atoms with van der Waals surface area (Å²) in [6.07, 6.45) is 2.31. The first kappa shape index (κ1) is 12.7. The smallest absolute Gasteiger partial charge is 0.322 e. The number of nitrogens with zero attached hydrogens (tertiary/aromatic N) is 1. The van der Waals surface area contributed by atoms with Crippen LogP contribution in [0.25, 0.3) is 0 Å². The molecule has 1 atom stereocenters. The second kappa shape index (κ2) is 6.27. The van der Waals surface area contributed by atoms with Crippen LogP contribution in [0.5, 0.6) is 0 Å². The molecule has 0 aliphatic heterocycles. The van der Waals surface area contributed by atoms with Crippen LogP contribution in [0.2, 0.25) is 0 Å². The molecule has 16 heavy (non-hydrogen) atoms. The van der Waals surface area contributed by atoms with Crippen LogP contribution >= 0.6 is 0 Å². The standard InChI is InChI=1S/C11H18N2O3/c1-8(2)6-10(11(14)15-3)12-7-9-4-5-13-16-9/h4-5,8,10,12H,6-7H2,1-3H3. The Kier molecular flexibility index (Phi) is 4.98. The van der Waals surface area contributed by atoms with E-state index in [0.717, 1.165) is 6.42 Å². The number of hydrogen-bond donors (Lipinski definition) is 1. The van der Waals surface area contributed by atoms with Crippen LogP contribution in [0, 0.1) is 5.92 Å². The predicted octanol–water partition coefficient (Wildman–Crippen LogP) is 1.35. The van der Waals surface area contributed by atoms with Gasteiger partial charge in [-0.05, 0) is 12.3 Å². The van der Waals surface area contributed by atoms with Crippen molar-refractivity contribution in [2.24, 2.45) is 5.92 Å². The Morgan fingerprint density at radius 2 is 2.38 bits per heavy atom. The maximum atomic E-state index is 11.5. The van der Waals surface area contributed by atoms with E-state index in [4.69, 9.17) is 9.26 Å². The molecule has 0 aromatic carbocycles. The van der Waals surface area contributed by atoms with Crippen LogP contribution in [-0.4, -0.2) is 24.3 Å². The molecule has 5 nitrogen and oxygen atoms in total. The first-order chi connectivity index (χ1) is 7.63. The minimum atomic E-state index is -0.296. The lowest BCUT2D eigenvalue weighted by Crippen LogP contribution is -2.38. The second-order valence-electron chi connectivity index (χ2n) is 4.06. The zero-order chi connectivity index (χ0) is 12.0. The van der Waals surface area contributed by atoms with Crippen molar-refractivity contribution in [3.8, 4) is 0 Å². The lowest BCUT2D eigenvalue weighted by molar-refractivity contribution is -0.143. The number of ether oxygens (including phenoxy) is 1. The Balaban J connectivity index is 2.46. The lowest BCUT2D eigenvalue weighted by atomic mass is 10.0. The largest absolute Gasteiger partial charge is 0.468 e. The van der Waals surface area contributed by atoms with E-state index < -0.39 is 0 Å². The van der Waals surface area contributed by atoms with E-state index in [1.54, 1.807) is 12.3 Å². The summed E-state index contributed by atoms with van der Waals surface area (Å²) in [5.41, 5.74) is 0. The summed E-state index contributed by atoms with van der Waals surface area (Å²) < 4.78 is 9.67. The van der Waals surface area contributed by atoms with Gasteiger partial charge in [0.25, 0.3) is 0 Å². The molecule has 0 aliphatic rings. The molecule has 0 saturated carbocycles. The van der Waals surface area contributed by atoms with Gasteiger partial charge in [0.2, 0.25) is 0 Å². The van der Waals surface area contributed by atoms with Crippen molar-refractivity contribution >= 4 is 5.97 Å². The number of methoxy groups -OCH3 is 1. The van der Waals surface area contributed by atoms with Crippen LogP contribution < -0.4 is 5.32 Å². The van der Waals surface area contributed by atoms with Crippen molar-refractivity contribution in [3.63, 3.8) is 0 Å². The van der Waals surface area contributed by atoms with E-state index >= 15 is 0 Å². The molecule has 0 radical (unpaired) electrons. The molecule has 1 N–H and O–H groups in total. The van der Waals surface area contributed by atoms with Crippen LogP contribution in [0.4, 0.5) is 0 Å². The van der Waals surface area contributed by atoms with Gasteiger partial charge in [-0.1, -0.05) is 19.0 Å². The van der Waals surface area contributed by atoms with Crippen molar-refractivity contribution in [2.75, 3.05) is 7.11 Å². The van der Waals surface area contributed by atoms with Crippen molar-refractivity contribution < 1.29 is 14.1 Å². The minimum absolute atomic E-state index is 0.242. The molecule has 0 bridgehead atoms. The third-order valence-electron chi connectivity index (χ3n) is 2.21. The highest BCUT2D eigenvalue weighted by molar-refractivity contribution is 5.75. The average Bonchev–Trinajstić information content (AvgIpc) is 2.75. The highest BCUT2D eigenvalue weighted by Gasteiger charge is 2.20. The van der Waals surface area contributed by atoms with Crippen LogP contribution in [0.3, 0.4) is 0 Å². The van der Waals surface area contributed by atoms with E-state index in [-0.39, 0.29) is 12.0 Å². The number of aromatic nitrogens is 1. The lowest BCUT2D eigenvalue weighted by Gasteiger charge is -2.17. The van der Waals surface area contributed by atoms with Gasteiger partial charge in [0.05, 0.1) is 19.9 Å². The Hall–Kier alpha value is -1.36. The van der Waals surface area contributed by atoms with Gasteiger partial charge in [-0.2, -0.15) is 0 Å². The molecular formula is C11H18N2O3. The van der Waals surface area contributed by atoms with Crippen LogP contribution in [0.15, 0.2) is 16.8 Å². The first-order valence-corrected chi connectivity index (χ1v) is 5.34. The predicted molar refractivity (Wildman–Crippen MR) is 58.6 cm³/mol. The highest BCUT2D eigenvalue weighted by Crippen LogP contribution is 2.07.